The third-order valence-corrected chi connectivity index (χ3v) is 4.96. The van der Waals surface area contributed by atoms with Crippen molar-refractivity contribution in [1.82, 2.24) is 4.90 Å². The molecule has 1 saturated heterocycles. The van der Waals surface area contributed by atoms with Crippen LogP contribution in [0.2, 0.25) is 10.0 Å². The van der Waals surface area contributed by atoms with Crippen molar-refractivity contribution in [2.24, 2.45) is 0 Å². The molecule has 0 unspecified atom stereocenters. The maximum atomic E-state index is 13.3. The largest absolute Gasteiger partial charge is 0.368 e. The Balaban J connectivity index is 1.58. The minimum atomic E-state index is -0.430. The van der Waals surface area contributed by atoms with E-state index in [-0.39, 0.29) is 11.1 Å². The van der Waals surface area contributed by atoms with Gasteiger partial charge in [-0.25, -0.2) is 9.18 Å². The molecule has 3 rings (SSSR count). The van der Waals surface area contributed by atoms with Crippen molar-refractivity contribution in [1.29, 1.82) is 0 Å². The highest BCUT2D eigenvalue weighted by atomic mass is 35.5. The topological polar surface area (TPSA) is 35.6 Å². The molecule has 2 amide bonds. The van der Waals surface area contributed by atoms with E-state index in [1.54, 1.807) is 23.1 Å². The zero-order chi connectivity index (χ0) is 18.0. The molecule has 0 saturated carbocycles. The van der Waals surface area contributed by atoms with E-state index >= 15 is 0 Å². The minimum Gasteiger partial charge on any atom is -0.368 e. The number of benzene rings is 2. The highest BCUT2D eigenvalue weighted by molar-refractivity contribution is 6.31. The molecule has 132 valence electrons. The maximum Gasteiger partial charge on any atom is 0.321 e. The fourth-order valence-corrected chi connectivity index (χ4v) is 3.08. The molecule has 0 atom stereocenters. The zero-order valence-electron chi connectivity index (χ0n) is 13.7. The van der Waals surface area contributed by atoms with Crippen molar-refractivity contribution in [3.05, 3.63) is 57.8 Å². The van der Waals surface area contributed by atoms with Crippen molar-refractivity contribution in [3.8, 4) is 0 Å². The number of halogens is 3. The number of aryl methyl sites for hydroxylation is 1. The summed E-state index contributed by atoms with van der Waals surface area (Å²) >= 11 is 11.9. The highest BCUT2D eigenvalue weighted by Gasteiger charge is 2.22. The lowest BCUT2D eigenvalue weighted by Crippen LogP contribution is -2.50. The number of amides is 2. The predicted octanol–water partition coefficient (Wildman–Crippen LogP) is 4.80. The SMILES string of the molecule is Cc1ccc(NC(=O)N2CCN(c3ccc(F)c(Cl)c3)CC2)cc1Cl. The Morgan fingerprint density at radius 3 is 2.40 bits per heavy atom. The van der Waals surface area contributed by atoms with Gasteiger partial charge in [0, 0.05) is 42.6 Å². The number of carbonyl (C=O) groups excluding carboxylic acids is 1. The minimum absolute atomic E-state index is 0.105. The number of nitrogens with zero attached hydrogens (tertiary/aromatic N) is 2. The van der Waals surface area contributed by atoms with Crippen LogP contribution in [0.25, 0.3) is 0 Å². The zero-order valence-corrected chi connectivity index (χ0v) is 15.2. The van der Waals surface area contributed by atoms with E-state index in [9.17, 15) is 9.18 Å². The van der Waals surface area contributed by atoms with Crippen molar-refractivity contribution in [3.63, 3.8) is 0 Å². The first-order valence-corrected chi connectivity index (χ1v) is 8.72. The molecule has 1 aliphatic heterocycles. The molecule has 4 nitrogen and oxygen atoms in total. The van der Waals surface area contributed by atoms with E-state index in [1.807, 2.05) is 19.1 Å². The average molecular weight is 382 g/mol. The number of hydrogen-bond acceptors (Lipinski definition) is 2. The van der Waals surface area contributed by atoms with Gasteiger partial charge in [0.05, 0.1) is 5.02 Å². The van der Waals surface area contributed by atoms with Crippen LogP contribution >= 0.6 is 23.2 Å². The molecule has 0 bridgehead atoms. The number of nitrogens with one attached hydrogen (secondary N) is 1. The first kappa shape index (κ1) is 17.8. The lowest BCUT2D eigenvalue weighted by atomic mass is 10.2. The molecule has 0 aromatic heterocycles. The van der Waals surface area contributed by atoms with Crippen LogP contribution in [0.15, 0.2) is 36.4 Å². The number of urea groups is 1. The number of hydrogen-bond donors (Lipinski definition) is 1. The quantitative estimate of drug-likeness (QED) is 0.810. The Kier molecular flexibility index (Phi) is 5.35. The Morgan fingerprint density at radius 1 is 1.04 bits per heavy atom. The monoisotopic (exact) mass is 381 g/mol. The normalized spacial score (nSPS) is 14.6. The summed E-state index contributed by atoms with van der Waals surface area (Å²) in [5.74, 6) is -0.430. The summed E-state index contributed by atoms with van der Waals surface area (Å²) in [7, 11) is 0. The van der Waals surface area contributed by atoms with E-state index in [0.717, 1.165) is 11.3 Å². The van der Waals surface area contributed by atoms with Gasteiger partial charge in [-0.1, -0.05) is 29.3 Å². The Labute approximate surface area is 156 Å². The summed E-state index contributed by atoms with van der Waals surface area (Å²) in [6, 6.07) is 9.95. The van der Waals surface area contributed by atoms with Gasteiger partial charge < -0.3 is 15.1 Å². The van der Waals surface area contributed by atoms with E-state index in [1.165, 1.54) is 6.07 Å². The number of piperazine rings is 1. The Bertz CT molecular complexity index is 792. The van der Waals surface area contributed by atoms with Crippen LogP contribution in [-0.2, 0) is 0 Å². The van der Waals surface area contributed by atoms with Gasteiger partial charge in [0.1, 0.15) is 5.82 Å². The van der Waals surface area contributed by atoms with Gasteiger partial charge in [0.25, 0.3) is 0 Å². The summed E-state index contributed by atoms with van der Waals surface area (Å²) < 4.78 is 13.3. The molecule has 0 aliphatic carbocycles. The molecular weight excluding hydrogens is 364 g/mol. The van der Waals surface area contributed by atoms with Crippen molar-refractivity contribution < 1.29 is 9.18 Å². The van der Waals surface area contributed by atoms with Gasteiger partial charge in [-0.15, -0.1) is 0 Å². The van der Waals surface area contributed by atoms with Crippen LogP contribution in [0.3, 0.4) is 0 Å². The van der Waals surface area contributed by atoms with Crippen LogP contribution in [-0.4, -0.2) is 37.1 Å². The molecule has 2 aromatic carbocycles. The predicted molar refractivity (Wildman–Crippen MR) is 100 cm³/mol. The molecule has 0 spiro atoms. The van der Waals surface area contributed by atoms with Gasteiger partial charge in [-0.05, 0) is 42.8 Å². The summed E-state index contributed by atoms with van der Waals surface area (Å²) in [5.41, 5.74) is 2.50. The number of rotatable bonds is 2. The van der Waals surface area contributed by atoms with Gasteiger partial charge in [-0.2, -0.15) is 0 Å². The van der Waals surface area contributed by atoms with Gasteiger partial charge >= 0.3 is 6.03 Å². The van der Waals surface area contributed by atoms with Gasteiger partial charge in [0.15, 0.2) is 0 Å². The van der Waals surface area contributed by atoms with E-state index in [2.05, 4.69) is 10.2 Å². The maximum absolute atomic E-state index is 13.3. The number of anilines is 2. The summed E-state index contributed by atoms with van der Waals surface area (Å²) in [6.07, 6.45) is 0. The third kappa shape index (κ3) is 4.17. The molecule has 0 radical (unpaired) electrons. The molecule has 7 heteroatoms. The Morgan fingerprint density at radius 2 is 1.76 bits per heavy atom. The summed E-state index contributed by atoms with van der Waals surface area (Å²) in [5, 5.41) is 3.59. The average Bonchev–Trinajstić information content (AvgIpc) is 2.61. The van der Waals surface area contributed by atoms with Crippen LogP contribution in [0.1, 0.15) is 5.56 Å². The van der Waals surface area contributed by atoms with E-state index in [0.29, 0.717) is 36.9 Å². The summed E-state index contributed by atoms with van der Waals surface area (Å²) in [6.45, 7) is 4.36. The molecular formula is C18H18Cl2FN3O. The third-order valence-electron chi connectivity index (χ3n) is 4.26. The fraction of sp³-hybridized carbons (Fsp3) is 0.278. The van der Waals surface area contributed by atoms with Crippen molar-refractivity contribution in [2.45, 2.75) is 6.92 Å². The van der Waals surface area contributed by atoms with Crippen molar-refractivity contribution in [2.75, 3.05) is 36.4 Å². The van der Waals surface area contributed by atoms with Crippen molar-refractivity contribution >= 4 is 40.6 Å². The second kappa shape index (κ2) is 7.50. The Hall–Kier alpha value is -1.98. The second-order valence-corrected chi connectivity index (χ2v) is 6.78. The van der Waals surface area contributed by atoms with E-state index in [4.69, 9.17) is 23.2 Å². The molecule has 2 aromatic rings. The molecule has 25 heavy (non-hydrogen) atoms. The second-order valence-electron chi connectivity index (χ2n) is 5.97. The fourth-order valence-electron chi connectivity index (χ4n) is 2.72. The molecule has 1 N–H and O–H groups in total. The van der Waals surface area contributed by atoms with E-state index < -0.39 is 5.82 Å². The summed E-state index contributed by atoms with van der Waals surface area (Å²) in [4.78, 5) is 16.2. The first-order chi connectivity index (χ1) is 11.9. The van der Waals surface area contributed by atoms with Gasteiger partial charge in [0.2, 0.25) is 0 Å². The lowest BCUT2D eigenvalue weighted by molar-refractivity contribution is 0.208. The standard InChI is InChI=1S/C18H18Cl2FN3O/c1-12-2-3-13(10-15(12)19)22-18(25)24-8-6-23(7-9-24)14-4-5-17(21)16(20)11-14/h2-5,10-11H,6-9H2,1H3,(H,22,25). The first-order valence-electron chi connectivity index (χ1n) is 7.96. The van der Waals surface area contributed by atoms with Crippen LogP contribution in [0.5, 0.6) is 0 Å². The highest BCUT2D eigenvalue weighted by Crippen LogP contribution is 2.24. The van der Waals surface area contributed by atoms with Crippen LogP contribution in [0.4, 0.5) is 20.6 Å². The molecule has 1 aliphatic rings. The van der Waals surface area contributed by atoms with Crippen LogP contribution in [0, 0.1) is 12.7 Å². The smallest absolute Gasteiger partial charge is 0.321 e. The molecule has 1 heterocycles. The lowest BCUT2D eigenvalue weighted by Gasteiger charge is -2.36. The number of carbonyl (C=O) groups is 1. The van der Waals surface area contributed by atoms with Gasteiger partial charge in [-0.3, -0.25) is 0 Å². The van der Waals surface area contributed by atoms with Crippen LogP contribution < -0.4 is 10.2 Å². The molecule has 1 fully saturated rings.